The number of amides is 1. The van der Waals surface area contributed by atoms with Crippen LogP contribution in [0.3, 0.4) is 0 Å². The average Bonchev–Trinajstić information content (AvgIpc) is 3.48. The molecular formula is C26H24N2O2S2. The number of thiazole rings is 1. The zero-order chi connectivity index (χ0) is 21.8. The fourth-order valence-electron chi connectivity index (χ4n) is 3.81. The van der Waals surface area contributed by atoms with Crippen molar-refractivity contribution in [2.45, 2.75) is 30.3 Å². The molecule has 1 amide bonds. The molecule has 2 heterocycles. The Balaban J connectivity index is 1.23. The van der Waals surface area contributed by atoms with E-state index in [-0.39, 0.29) is 5.91 Å². The van der Waals surface area contributed by atoms with Gasteiger partial charge in [0.15, 0.2) is 0 Å². The number of benzene rings is 3. The first-order valence-electron chi connectivity index (χ1n) is 10.8. The van der Waals surface area contributed by atoms with Gasteiger partial charge in [-0.1, -0.05) is 36.4 Å². The first-order chi connectivity index (χ1) is 15.7. The molecular weight excluding hydrogens is 436 g/mol. The molecule has 0 radical (unpaired) electrons. The molecule has 1 N–H and O–H groups in total. The van der Waals surface area contributed by atoms with E-state index in [1.54, 1.807) is 23.1 Å². The monoisotopic (exact) mass is 460 g/mol. The maximum Gasteiger partial charge on any atom is 0.256 e. The minimum Gasteiger partial charge on any atom is -0.377 e. The third kappa shape index (κ3) is 5.04. The minimum atomic E-state index is -0.0839. The molecule has 3 aromatic carbocycles. The Morgan fingerprint density at radius 3 is 2.69 bits per heavy atom. The summed E-state index contributed by atoms with van der Waals surface area (Å²) in [7, 11) is 0. The molecule has 6 heteroatoms. The van der Waals surface area contributed by atoms with Crippen molar-refractivity contribution in [1.82, 2.24) is 4.98 Å². The summed E-state index contributed by atoms with van der Waals surface area (Å²) in [5.41, 5.74) is 3.72. The maximum atomic E-state index is 12.9. The number of thioether (sulfide) groups is 1. The Hall–Kier alpha value is -2.67. The van der Waals surface area contributed by atoms with Crippen molar-refractivity contribution >= 4 is 44.9 Å². The van der Waals surface area contributed by atoms with Crippen molar-refractivity contribution in [2.75, 3.05) is 17.7 Å². The van der Waals surface area contributed by atoms with E-state index in [0.717, 1.165) is 52.7 Å². The highest BCUT2D eigenvalue weighted by Gasteiger charge is 2.18. The molecule has 1 aliphatic heterocycles. The maximum absolute atomic E-state index is 12.9. The number of para-hydroxylation sites is 1. The van der Waals surface area contributed by atoms with E-state index in [2.05, 4.69) is 23.5 Å². The van der Waals surface area contributed by atoms with Crippen LogP contribution in [0.2, 0.25) is 0 Å². The van der Waals surface area contributed by atoms with E-state index < -0.39 is 0 Å². The van der Waals surface area contributed by atoms with Gasteiger partial charge in [-0.05, 0) is 54.8 Å². The van der Waals surface area contributed by atoms with Crippen LogP contribution in [0.4, 0.5) is 5.69 Å². The van der Waals surface area contributed by atoms with Crippen molar-refractivity contribution in [3.05, 3.63) is 88.9 Å². The summed E-state index contributed by atoms with van der Waals surface area (Å²) >= 11 is 3.42. The van der Waals surface area contributed by atoms with Crippen LogP contribution in [0.25, 0.3) is 10.2 Å². The molecule has 4 aromatic rings. The van der Waals surface area contributed by atoms with Crippen LogP contribution in [-0.4, -0.2) is 29.4 Å². The Morgan fingerprint density at radius 2 is 1.88 bits per heavy atom. The largest absolute Gasteiger partial charge is 0.377 e. The van der Waals surface area contributed by atoms with E-state index in [1.807, 2.05) is 54.6 Å². The number of ether oxygens (including phenoxy) is 1. The topological polar surface area (TPSA) is 51.2 Å². The van der Waals surface area contributed by atoms with Gasteiger partial charge in [0.2, 0.25) is 0 Å². The molecule has 1 atom stereocenters. The summed E-state index contributed by atoms with van der Waals surface area (Å²) in [6.07, 6.45) is 3.31. The smallest absolute Gasteiger partial charge is 0.256 e. The van der Waals surface area contributed by atoms with Crippen LogP contribution in [0.5, 0.6) is 0 Å². The number of hydrogen-bond acceptors (Lipinski definition) is 5. The number of aromatic nitrogens is 1. The van der Waals surface area contributed by atoms with Gasteiger partial charge >= 0.3 is 0 Å². The van der Waals surface area contributed by atoms with E-state index in [9.17, 15) is 4.79 Å². The molecule has 162 valence electrons. The number of fused-ring (bicyclic) bond motifs is 1. The van der Waals surface area contributed by atoms with Gasteiger partial charge in [-0.25, -0.2) is 4.98 Å². The van der Waals surface area contributed by atoms with Crippen molar-refractivity contribution in [2.24, 2.45) is 0 Å². The van der Waals surface area contributed by atoms with Gasteiger partial charge < -0.3 is 10.1 Å². The predicted molar refractivity (Wildman–Crippen MR) is 133 cm³/mol. The third-order valence-corrected chi connectivity index (χ3v) is 7.73. The molecule has 1 unspecified atom stereocenters. The number of hydrogen-bond donors (Lipinski definition) is 1. The lowest BCUT2D eigenvalue weighted by atomic mass is 10.1. The summed E-state index contributed by atoms with van der Waals surface area (Å²) in [5.74, 6) is 0.796. The zero-order valence-electron chi connectivity index (χ0n) is 17.6. The van der Waals surface area contributed by atoms with E-state index in [0.29, 0.717) is 11.7 Å². The van der Waals surface area contributed by atoms with E-state index in [1.165, 1.54) is 10.3 Å². The summed E-state index contributed by atoms with van der Waals surface area (Å²) in [6, 6.07) is 24.0. The average molecular weight is 461 g/mol. The molecule has 0 bridgehead atoms. The van der Waals surface area contributed by atoms with Gasteiger partial charge in [0.05, 0.1) is 26.9 Å². The molecule has 0 spiro atoms. The number of nitrogens with zero attached hydrogens (tertiary/aromatic N) is 1. The lowest BCUT2D eigenvalue weighted by molar-refractivity contribution is 0.102. The fraction of sp³-hybridized carbons (Fsp3) is 0.231. The summed E-state index contributed by atoms with van der Waals surface area (Å²) in [5, 5.41) is 4.14. The molecule has 0 aliphatic carbocycles. The van der Waals surface area contributed by atoms with Crippen molar-refractivity contribution in [3.8, 4) is 0 Å². The predicted octanol–water partition coefficient (Wildman–Crippen LogP) is 6.41. The minimum absolute atomic E-state index is 0.0839. The van der Waals surface area contributed by atoms with Gasteiger partial charge in [0, 0.05) is 29.4 Å². The lowest BCUT2D eigenvalue weighted by Crippen LogP contribution is -2.14. The standard InChI is InChI=1S/C26H24N2O2S2/c29-26(21-7-1-3-9-23(21)31-17-20-6-5-15-30-20)27-19-13-11-18(12-14-19)16-25-28-22-8-2-4-10-24(22)32-25/h1-4,7-14,20H,5-6,15-17H2,(H,27,29). The summed E-state index contributed by atoms with van der Waals surface area (Å²) < 4.78 is 6.93. The molecule has 32 heavy (non-hydrogen) atoms. The van der Waals surface area contributed by atoms with Crippen LogP contribution >= 0.6 is 23.1 Å². The zero-order valence-corrected chi connectivity index (χ0v) is 19.3. The van der Waals surface area contributed by atoms with Crippen LogP contribution in [-0.2, 0) is 11.2 Å². The third-order valence-electron chi connectivity index (χ3n) is 5.49. The second-order valence-corrected chi connectivity index (χ2v) is 10.0. The molecule has 1 saturated heterocycles. The first kappa shape index (κ1) is 21.2. The van der Waals surface area contributed by atoms with Gasteiger partial charge in [0.25, 0.3) is 5.91 Å². The van der Waals surface area contributed by atoms with E-state index >= 15 is 0 Å². The van der Waals surface area contributed by atoms with Crippen molar-refractivity contribution < 1.29 is 9.53 Å². The Kier molecular flexibility index (Phi) is 6.53. The molecule has 0 saturated carbocycles. The highest BCUT2D eigenvalue weighted by molar-refractivity contribution is 7.99. The first-order valence-corrected chi connectivity index (χ1v) is 12.6. The number of rotatable bonds is 7. The second-order valence-electron chi connectivity index (χ2n) is 7.85. The quantitative estimate of drug-likeness (QED) is 0.324. The summed E-state index contributed by atoms with van der Waals surface area (Å²) in [4.78, 5) is 18.6. The molecule has 1 aliphatic rings. The van der Waals surface area contributed by atoms with Gasteiger partial charge in [-0.2, -0.15) is 0 Å². The molecule has 4 nitrogen and oxygen atoms in total. The lowest BCUT2D eigenvalue weighted by Gasteiger charge is -2.12. The van der Waals surface area contributed by atoms with Gasteiger partial charge in [-0.15, -0.1) is 23.1 Å². The van der Waals surface area contributed by atoms with Gasteiger partial charge in [-0.3, -0.25) is 4.79 Å². The van der Waals surface area contributed by atoms with Crippen molar-refractivity contribution in [3.63, 3.8) is 0 Å². The van der Waals surface area contributed by atoms with Gasteiger partial charge in [0.1, 0.15) is 0 Å². The number of carbonyl (C=O) groups is 1. The van der Waals surface area contributed by atoms with Crippen LogP contribution in [0.15, 0.2) is 77.7 Å². The number of nitrogens with one attached hydrogen (secondary N) is 1. The highest BCUT2D eigenvalue weighted by atomic mass is 32.2. The normalized spacial score (nSPS) is 15.8. The number of carbonyl (C=O) groups excluding carboxylic acids is 1. The second kappa shape index (κ2) is 9.86. The van der Waals surface area contributed by atoms with Crippen LogP contribution in [0.1, 0.15) is 33.8 Å². The fourth-order valence-corrected chi connectivity index (χ4v) is 5.93. The highest BCUT2D eigenvalue weighted by Crippen LogP contribution is 2.28. The Morgan fingerprint density at radius 1 is 1.06 bits per heavy atom. The molecule has 1 fully saturated rings. The summed E-state index contributed by atoms with van der Waals surface area (Å²) in [6.45, 7) is 0.850. The Labute approximate surface area is 196 Å². The number of anilines is 1. The Bertz CT molecular complexity index is 1180. The van der Waals surface area contributed by atoms with Crippen molar-refractivity contribution in [1.29, 1.82) is 0 Å². The van der Waals surface area contributed by atoms with Crippen LogP contribution in [0, 0.1) is 0 Å². The molecule has 1 aromatic heterocycles. The molecule has 5 rings (SSSR count). The van der Waals surface area contributed by atoms with E-state index in [4.69, 9.17) is 9.72 Å². The SMILES string of the molecule is O=C(Nc1ccc(Cc2nc3ccccc3s2)cc1)c1ccccc1SCC1CCCO1. The van der Waals surface area contributed by atoms with Crippen LogP contribution < -0.4 is 5.32 Å².